The van der Waals surface area contributed by atoms with Gasteiger partial charge in [0.1, 0.15) is 5.66 Å². The second-order valence-electron chi connectivity index (χ2n) is 5.11. The molecule has 0 aromatic heterocycles. The predicted molar refractivity (Wildman–Crippen MR) is 71.7 cm³/mol. The fourth-order valence-corrected chi connectivity index (χ4v) is 2.34. The molecule has 3 nitrogen and oxygen atoms in total. The maximum absolute atomic E-state index is 11.9. The van der Waals surface area contributed by atoms with Gasteiger partial charge in [0.05, 0.1) is 0 Å². The van der Waals surface area contributed by atoms with Crippen LogP contribution in [0.2, 0.25) is 0 Å². The summed E-state index contributed by atoms with van der Waals surface area (Å²) < 4.78 is 0. The van der Waals surface area contributed by atoms with E-state index in [4.69, 9.17) is 0 Å². The van der Waals surface area contributed by atoms with Gasteiger partial charge < -0.3 is 5.32 Å². The zero-order valence-corrected chi connectivity index (χ0v) is 11.7. The standard InChI is InChI=1S/C14H26N2O/c1-5-7-8-9-10-12-11-14(6-2,16(3)4)15-13(12)17/h11H,5-10H2,1-4H3,(H,15,17). The Labute approximate surface area is 105 Å². The van der Waals surface area contributed by atoms with Crippen LogP contribution in [-0.2, 0) is 4.79 Å². The second-order valence-corrected chi connectivity index (χ2v) is 5.11. The molecule has 0 bridgehead atoms. The largest absolute Gasteiger partial charge is 0.331 e. The Bertz CT molecular complexity index is 297. The lowest BCUT2D eigenvalue weighted by atomic mass is 10.0. The van der Waals surface area contributed by atoms with E-state index in [9.17, 15) is 4.79 Å². The van der Waals surface area contributed by atoms with Crippen molar-refractivity contribution < 1.29 is 4.79 Å². The molecule has 1 amide bonds. The molecule has 1 rings (SSSR count). The third kappa shape index (κ3) is 3.32. The number of unbranched alkanes of at least 4 members (excludes halogenated alkanes) is 3. The molecule has 0 saturated carbocycles. The van der Waals surface area contributed by atoms with Gasteiger partial charge in [-0.05, 0) is 39.4 Å². The zero-order chi connectivity index (χ0) is 12.9. The fraction of sp³-hybridized carbons (Fsp3) is 0.786. The summed E-state index contributed by atoms with van der Waals surface area (Å²) in [5.74, 6) is 0.122. The Balaban J connectivity index is 2.59. The van der Waals surface area contributed by atoms with Gasteiger partial charge in [-0.15, -0.1) is 0 Å². The number of amides is 1. The van der Waals surface area contributed by atoms with E-state index in [1.165, 1.54) is 19.3 Å². The van der Waals surface area contributed by atoms with E-state index < -0.39 is 0 Å². The molecule has 0 saturated heterocycles. The highest BCUT2D eigenvalue weighted by atomic mass is 16.2. The first-order valence-electron chi connectivity index (χ1n) is 6.77. The average molecular weight is 238 g/mol. The van der Waals surface area contributed by atoms with Gasteiger partial charge >= 0.3 is 0 Å². The summed E-state index contributed by atoms with van der Waals surface area (Å²) in [5, 5.41) is 3.10. The van der Waals surface area contributed by atoms with Crippen molar-refractivity contribution in [2.45, 2.75) is 58.0 Å². The second kappa shape index (κ2) is 6.20. The highest BCUT2D eigenvalue weighted by Gasteiger charge is 2.37. The molecule has 0 radical (unpaired) electrons. The van der Waals surface area contributed by atoms with Crippen molar-refractivity contribution in [2.24, 2.45) is 0 Å². The molecule has 0 aliphatic carbocycles. The van der Waals surface area contributed by atoms with Gasteiger partial charge in [-0.25, -0.2) is 0 Å². The number of hydrogen-bond donors (Lipinski definition) is 1. The van der Waals surface area contributed by atoms with Crippen molar-refractivity contribution in [3.05, 3.63) is 11.6 Å². The zero-order valence-electron chi connectivity index (χ0n) is 11.7. The monoisotopic (exact) mass is 238 g/mol. The Kier molecular flexibility index (Phi) is 5.19. The lowest BCUT2D eigenvalue weighted by molar-refractivity contribution is -0.119. The van der Waals surface area contributed by atoms with Gasteiger partial charge in [-0.2, -0.15) is 0 Å². The highest BCUT2D eigenvalue weighted by Crippen LogP contribution is 2.26. The van der Waals surface area contributed by atoms with Crippen LogP contribution in [0.4, 0.5) is 0 Å². The van der Waals surface area contributed by atoms with E-state index in [-0.39, 0.29) is 11.6 Å². The summed E-state index contributed by atoms with van der Waals surface area (Å²) in [6.45, 7) is 4.31. The van der Waals surface area contributed by atoms with E-state index in [1.54, 1.807) is 0 Å². The molecular formula is C14H26N2O. The normalized spacial score (nSPS) is 24.1. The number of carbonyl (C=O) groups is 1. The number of nitrogens with zero attached hydrogens (tertiary/aromatic N) is 1. The summed E-state index contributed by atoms with van der Waals surface area (Å²) in [6.07, 6.45) is 8.80. The maximum Gasteiger partial charge on any atom is 0.248 e. The molecule has 0 spiro atoms. The number of rotatable bonds is 7. The molecule has 1 unspecified atom stereocenters. The molecule has 17 heavy (non-hydrogen) atoms. The van der Waals surface area contributed by atoms with Crippen LogP contribution in [0.5, 0.6) is 0 Å². The van der Waals surface area contributed by atoms with Crippen molar-refractivity contribution in [3.63, 3.8) is 0 Å². The van der Waals surface area contributed by atoms with Gasteiger partial charge in [0.25, 0.3) is 0 Å². The molecule has 0 aromatic carbocycles. The summed E-state index contributed by atoms with van der Waals surface area (Å²) in [6, 6.07) is 0. The van der Waals surface area contributed by atoms with Crippen LogP contribution < -0.4 is 5.32 Å². The van der Waals surface area contributed by atoms with Crippen molar-refractivity contribution >= 4 is 5.91 Å². The molecule has 1 atom stereocenters. The van der Waals surface area contributed by atoms with Crippen LogP contribution in [-0.4, -0.2) is 30.6 Å². The average Bonchev–Trinajstić information content (AvgIpc) is 2.63. The summed E-state index contributed by atoms with van der Waals surface area (Å²) in [5.41, 5.74) is 0.716. The van der Waals surface area contributed by atoms with E-state index >= 15 is 0 Å². The maximum atomic E-state index is 11.9. The molecule has 1 N–H and O–H groups in total. The third-order valence-corrected chi connectivity index (χ3v) is 3.67. The first kappa shape index (κ1) is 14.2. The number of carbonyl (C=O) groups excluding carboxylic acids is 1. The smallest absolute Gasteiger partial charge is 0.248 e. The van der Waals surface area contributed by atoms with Crippen LogP contribution in [0.1, 0.15) is 52.4 Å². The van der Waals surface area contributed by atoms with E-state index in [0.717, 1.165) is 24.8 Å². The van der Waals surface area contributed by atoms with Crippen LogP contribution in [0.25, 0.3) is 0 Å². The Morgan fingerprint density at radius 3 is 2.41 bits per heavy atom. The fourth-order valence-electron chi connectivity index (χ4n) is 2.34. The number of likely N-dealkylation sites (N-methyl/N-ethyl adjacent to an activating group) is 1. The molecular weight excluding hydrogens is 212 g/mol. The first-order valence-corrected chi connectivity index (χ1v) is 6.77. The molecule has 0 aromatic rings. The molecule has 98 valence electrons. The lowest BCUT2D eigenvalue weighted by Gasteiger charge is -2.33. The van der Waals surface area contributed by atoms with Crippen LogP contribution in [0, 0.1) is 0 Å². The van der Waals surface area contributed by atoms with Gasteiger partial charge in [0.15, 0.2) is 0 Å². The van der Waals surface area contributed by atoms with Crippen LogP contribution in [0.15, 0.2) is 11.6 Å². The third-order valence-electron chi connectivity index (χ3n) is 3.67. The molecule has 1 aliphatic heterocycles. The van der Waals surface area contributed by atoms with Crippen LogP contribution >= 0.6 is 0 Å². The predicted octanol–water partition coefficient (Wildman–Crippen LogP) is 2.68. The van der Waals surface area contributed by atoms with Gasteiger partial charge in [0.2, 0.25) is 5.91 Å². The minimum Gasteiger partial charge on any atom is -0.331 e. The number of hydrogen-bond acceptors (Lipinski definition) is 2. The lowest BCUT2D eigenvalue weighted by Crippen LogP contribution is -2.52. The minimum atomic E-state index is -0.253. The van der Waals surface area contributed by atoms with Crippen molar-refractivity contribution in [2.75, 3.05) is 14.1 Å². The Morgan fingerprint density at radius 2 is 1.94 bits per heavy atom. The molecule has 1 aliphatic rings. The van der Waals surface area contributed by atoms with Gasteiger partial charge in [-0.3, -0.25) is 9.69 Å². The topological polar surface area (TPSA) is 32.3 Å². The Morgan fingerprint density at radius 1 is 1.24 bits per heavy atom. The number of nitrogens with one attached hydrogen (secondary N) is 1. The summed E-state index contributed by atoms with van der Waals surface area (Å²) >= 11 is 0. The van der Waals surface area contributed by atoms with Crippen molar-refractivity contribution in [1.29, 1.82) is 0 Å². The SMILES string of the molecule is CCCCCCC1=CC(CC)(N(C)C)NC1=O. The summed E-state index contributed by atoms with van der Waals surface area (Å²) in [7, 11) is 4.03. The van der Waals surface area contributed by atoms with Gasteiger partial charge in [-0.1, -0.05) is 33.1 Å². The molecule has 3 heteroatoms. The van der Waals surface area contributed by atoms with Crippen LogP contribution in [0.3, 0.4) is 0 Å². The molecule has 0 fully saturated rings. The van der Waals surface area contributed by atoms with E-state index in [0.29, 0.717) is 0 Å². The van der Waals surface area contributed by atoms with Gasteiger partial charge in [0, 0.05) is 5.57 Å². The van der Waals surface area contributed by atoms with Crippen molar-refractivity contribution in [3.8, 4) is 0 Å². The van der Waals surface area contributed by atoms with Crippen molar-refractivity contribution in [1.82, 2.24) is 10.2 Å². The first-order chi connectivity index (χ1) is 8.05. The van der Waals surface area contributed by atoms with E-state index in [2.05, 4.69) is 30.1 Å². The minimum absolute atomic E-state index is 0.122. The highest BCUT2D eigenvalue weighted by molar-refractivity contribution is 5.97. The molecule has 1 heterocycles. The Hall–Kier alpha value is -0.830. The van der Waals surface area contributed by atoms with E-state index in [1.807, 2.05) is 14.1 Å². The quantitative estimate of drug-likeness (QED) is 0.692. The summed E-state index contributed by atoms with van der Waals surface area (Å²) in [4.78, 5) is 14.0.